The number of alkyl carbamates (subject to hydrolysis) is 1. The average molecular weight is 808 g/mol. The molecule has 2 aromatic carbocycles. The van der Waals surface area contributed by atoms with Gasteiger partial charge in [0.05, 0.1) is 48.5 Å². The summed E-state index contributed by atoms with van der Waals surface area (Å²) in [5.41, 5.74) is 3.93. The van der Waals surface area contributed by atoms with Crippen LogP contribution >= 0.6 is 0 Å². The smallest absolute Gasteiger partial charge is 0.407 e. The number of ether oxygens (including phenoxy) is 3. The Morgan fingerprint density at radius 1 is 0.831 bits per heavy atom. The largest absolute Gasteiger partial charge is 0.456 e. The first-order chi connectivity index (χ1) is 28.8. The van der Waals surface area contributed by atoms with Crippen molar-refractivity contribution in [1.82, 2.24) is 35.1 Å². The first-order valence-corrected chi connectivity index (χ1v) is 20.9. The van der Waals surface area contributed by atoms with Crippen molar-refractivity contribution in [1.29, 1.82) is 0 Å². The number of methoxy groups -OCH3 is 1. The Bertz CT molecular complexity index is 2310. The van der Waals surface area contributed by atoms with E-state index in [0.29, 0.717) is 85.3 Å². The van der Waals surface area contributed by atoms with Gasteiger partial charge >= 0.3 is 6.09 Å². The van der Waals surface area contributed by atoms with E-state index in [1.54, 1.807) is 17.2 Å². The van der Waals surface area contributed by atoms with E-state index in [1.807, 2.05) is 41.4 Å². The highest BCUT2D eigenvalue weighted by molar-refractivity contribution is 5.88. The molecule has 14 nitrogen and oxygen atoms in total. The quantitative estimate of drug-likeness (QED) is 0.131. The second-order valence-corrected chi connectivity index (χ2v) is 16.2. The molecule has 5 aromatic rings. The zero-order valence-electron chi connectivity index (χ0n) is 33.2. The molecule has 3 aromatic heterocycles. The third-order valence-electron chi connectivity index (χ3n) is 12.6. The molecule has 0 spiro atoms. The Labute approximate surface area is 341 Å². The molecule has 3 N–H and O–H groups in total. The fourth-order valence-corrected chi connectivity index (χ4v) is 9.31. The molecule has 9 rings (SSSR count). The molecule has 7 heterocycles. The summed E-state index contributed by atoms with van der Waals surface area (Å²) in [5, 5.41) is 3.60. The summed E-state index contributed by atoms with van der Waals surface area (Å²) in [5.74, 6) is 1.68. The second-order valence-electron chi connectivity index (χ2n) is 16.2. The van der Waals surface area contributed by atoms with E-state index in [0.717, 1.165) is 74.3 Å². The van der Waals surface area contributed by atoms with Crippen LogP contribution in [0.1, 0.15) is 81.5 Å². The number of aromatic amines is 2. The van der Waals surface area contributed by atoms with E-state index in [2.05, 4.69) is 20.3 Å². The molecule has 0 radical (unpaired) electrons. The molecule has 4 fully saturated rings. The van der Waals surface area contributed by atoms with Gasteiger partial charge in [0, 0.05) is 62.5 Å². The topological polar surface area (TPSA) is 168 Å². The zero-order chi connectivity index (χ0) is 40.5. The Hall–Kier alpha value is -5.54. The van der Waals surface area contributed by atoms with Gasteiger partial charge in [-0.15, -0.1) is 0 Å². The summed E-state index contributed by atoms with van der Waals surface area (Å²) in [6.07, 6.45) is 9.88. The summed E-state index contributed by atoms with van der Waals surface area (Å²) < 4.78 is 37.9. The number of carbonyl (C=O) groups excluding carboxylic acids is 3. The minimum absolute atomic E-state index is 0.0666. The number of H-pyrrole nitrogens is 2. The van der Waals surface area contributed by atoms with Crippen molar-refractivity contribution in [3.05, 3.63) is 72.3 Å². The monoisotopic (exact) mass is 807 g/mol. The molecule has 4 saturated heterocycles. The van der Waals surface area contributed by atoms with Crippen molar-refractivity contribution < 1.29 is 37.4 Å². The van der Waals surface area contributed by atoms with Crippen LogP contribution in [0.5, 0.6) is 0 Å². The normalized spacial score (nSPS) is 21.0. The Balaban J connectivity index is 0.882. The molecule has 310 valence electrons. The molecular weight excluding hydrogens is 758 g/mol. The highest BCUT2D eigenvalue weighted by Crippen LogP contribution is 2.38. The molecule has 0 unspecified atom stereocenters. The molecular formula is C44H50FN7O7. The number of benzene rings is 2. The predicted molar refractivity (Wildman–Crippen MR) is 215 cm³/mol. The van der Waals surface area contributed by atoms with Crippen LogP contribution in [0.25, 0.3) is 44.8 Å². The van der Waals surface area contributed by atoms with E-state index >= 15 is 4.39 Å². The van der Waals surface area contributed by atoms with Gasteiger partial charge in [0.2, 0.25) is 11.8 Å². The maximum absolute atomic E-state index is 15.9. The van der Waals surface area contributed by atoms with Gasteiger partial charge in [-0.1, -0.05) is 6.07 Å². The lowest BCUT2D eigenvalue weighted by atomic mass is 9.90. The average Bonchev–Trinajstić information content (AvgIpc) is 4.12. The van der Waals surface area contributed by atoms with Crippen LogP contribution in [0.2, 0.25) is 0 Å². The molecule has 0 aliphatic carbocycles. The fourth-order valence-electron chi connectivity index (χ4n) is 9.31. The maximum atomic E-state index is 15.9. The van der Waals surface area contributed by atoms with Gasteiger partial charge in [-0.25, -0.2) is 19.2 Å². The summed E-state index contributed by atoms with van der Waals surface area (Å²) >= 11 is 0. The summed E-state index contributed by atoms with van der Waals surface area (Å²) in [4.78, 5) is 59.5. The van der Waals surface area contributed by atoms with E-state index in [9.17, 15) is 14.4 Å². The number of halogens is 1. The van der Waals surface area contributed by atoms with E-state index in [4.69, 9.17) is 23.6 Å². The molecule has 0 bridgehead atoms. The number of likely N-dealkylation sites (tertiary alicyclic amines) is 2. The highest BCUT2D eigenvalue weighted by Gasteiger charge is 2.40. The van der Waals surface area contributed by atoms with E-state index < -0.39 is 18.0 Å². The van der Waals surface area contributed by atoms with Gasteiger partial charge in [0.25, 0.3) is 0 Å². The van der Waals surface area contributed by atoms with Crippen molar-refractivity contribution >= 4 is 28.9 Å². The number of nitrogens with zero attached hydrogens (tertiary/aromatic N) is 4. The highest BCUT2D eigenvalue weighted by atomic mass is 19.1. The van der Waals surface area contributed by atoms with Crippen LogP contribution < -0.4 is 5.32 Å². The second kappa shape index (κ2) is 17.0. The molecule has 15 heteroatoms. The minimum atomic E-state index is -0.732. The van der Waals surface area contributed by atoms with Gasteiger partial charge in [0.1, 0.15) is 34.9 Å². The number of hydrogen-bond donors (Lipinski definition) is 3. The number of hydrogen-bond acceptors (Lipinski definition) is 9. The Morgan fingerprint density at radius 2 is 1.46 bits per heavy atom. The lowest BCUT2D eigenvalue weighted by molar-refractivity contribution is -0.137. The van der Waals surface area contributed by atoms with E-state index in [1.165, 1.54) is 13.2 Å². The van der Waals surface area contributed by atoms with Gasteiger partial charge in [-0.05, 0) is 99.6 Å². The number of fused-ring (bicyclic) bond motifs is 1. The summed E-state index contributed by atoms with van der Waals surface area (Å²) in [6.45, 7) is 3.79. The molecule has 3 amide bonds. The zero-order valence-corrected chi connectivity index (χ0v) is 33.2. The van der Waals surface area contributed by atoms with Gasteiger partial charge < -0.3 is 43.7 Å². The number of rotatable bonds is 10. The Kier molecular flexibility index (Phi) is 11.2. The van der Waals surface area contributed by atoms with Gasteiger partial charge in [-0.2, -0.15) is 0 Å². The fraction of sp³-hybridized carbons (Fsp3) is 0.477. The van der Waals surface area contributed by atoms with Crippen LogP contribution in [0.15, 0.2) is 59.3 Å². The van der Waals surface area contributed by atoms with Crippen molar-refractivity contribution in [2.75, 3.05) is 46.6 Å². The third-order valence-corrected chi connectivity index (χ3v) is 12.6. The van der Waals surface area contributed by atoms with Crippen molar-refractivity contribution in [2.24, 2.45) is 11.8 Å². The van der Waals surface area contributed by atoms with Crippen molar-refractivity contribution in [3.63, 3.8) is 0 Å². The van der Waals surface area contributed by atoms with Crippen molar-refractivity contribution in [2.45, 2.75) is 75.9 Å². The number of aromatic nitrogens is 4. The first kappa shape index (κ1) is 38.9. The number of nitrogens with one attached hydrogen (secondary N) is 3. The third kappa shape index (κ3) is 8.09. The van der Waals surface area contributed by atoms with Crippen LogP contribution in [0.3, 0.4) is 0 Å². The van der Waals surface area contributed by atoms with Crippen LogP contribution in [0.4, 0.5) is 9.18 Å². The van der Waals surface area contributed by atoms with Crippen molar-refractivity contribution in [3.8, 4) is 33.8 Å². The standard InChI is InChI=1S/C44H50FN7O7/c1-56-44(55)50-40(27-12-18-58-19-13-27)43(54)52-15-3-5-36(52)42-47-25-34(49-42)29-6-8-31(32(45)22-29)38-23-30-21-28(7-9-37(30)59-38)33-24-46-41(48-33)35-4-2-14-51(35)39(53)20-26-10-16-57-17-11-26/h6-9,21-27,35-36,40H,2-5,10-20H2,1H3,(H,46,48)(H,47,49)(H,50,55)/t35-,36-,40-/m0/s1. The Morgan fingerprint density at radius 3 is 2.14 bits per heavy atom. The summed E-state index contributed by atoms with van der Waals surface area (Å²) in [6, 6.07) is 11.5. The van der Waals surface area contributed by atoms with Gasteiger partial charge in [-0.3, -0.25) is 9.59 Å². The molecule has 0 saturated carbocycles. The molecule has 59 heavy (non-hydrogen) atoms. The first-order valence-electron chi connectivity index (χ1n) is 20.9. The lowest BCUT2D eigenvalue weighted by Gasteiger charge is -2.34. The maximum Gasteiger partial charge on any atom is 0.407 e. The molecule has 4 aliphatic rings. The van der Waals surface area contributed by atoms with Crippen LogP contribution in [0, 0.1) is 17.7 Å². The van der Waals surface area contributed by atoms with Gasteiger partial charge in [0.15, 0.2) is 0 Å². The predicted octanol–water partition coefficient (Wildman–Crippen LogP) is 7.31. The number of imidazole rings is 2. The summed E-state index contributed by atoms with van der Waals surface area (Å²) in [7, 11) is 1.29. The minimum Gasteiger partial charge on any atom is -0.456 e. The molecule has 3 atom stereocenters. The van der Waals surface area contributed by atoms with E-state index in [-0.39, 0.29) is 29.8 Å². The lowest BCUT2D eigenvalue weighted by Crippen LogP contribution is -2.53. The number of carbonyl (C=O) groups is 3. The number of amides is 3. The SMILES string of the molecule is COC(=O)N[C@H](C(=O)N1CCC[C@H]1c1ncc(-c2ccc(-c3cc4cc(-c5cnc([C@@H]6CCCN6C(=O)CC6CCOCC6)[nH]5)ccc4o3)c(F)c2)[nH]1)C1CCOCC1. The molecule has 4 aliphatic heterocycles. The van der Waals surface area contributed by atoms with Crippen LogP contribution in [-0.4, -0.2) is 100 Å². The number of furan rings is 1. The van der Waals surface area contributed by atoms with Crippen LogP contribution in [-0.2, 0) is 23.8 Å².